The quantitative estimate of drug-likeness (QED) is 0.257. The Morgan fingerprint density at radius 2 is 1.61 bits per heavy atom. The van der Waals surface area contributed by atoms with Gasteiger partial charge in [0.1, 0.15) is 0 Å². The van der Waals surface area contributed by atoms with Crippen LogP contribution in [0.4, 0.5) is 0 Å². The summed E-state index contributed by atoms with van der Waals surface area (Å²) in [5, 5.41) is 0.462. The summed E-state index contributed by atoms with van der Waals surface area (Å²) in [4.78, 5) is 18.4. The fourth-order valence-electron chi connectivity index (χ4n) is 4.08. The van der Waals surface area contributed by atoms with Crippen molar-refractivity contribution in [2.45, 2.75) is 24.0 Å². The van der Waals surface area contributed by atoms with Crippen molar-refractivity contribution in [3.8, 4) is 0 Å². The number of esters is 1. The number of nitrogens with one attached hydrogen (secondary N) is 1. The summed E-state index contributed by atoms with van der Waals surface area (Å²) in [7, 11) is -2.48. The number of benzene rings is 3. The molecule has 7 nitrogen and oxygen atoms in total. The first-order chi connectivity index (χ1) is 18.3. The van der Waals surface area contributed by atoms with Crippen LogP contribution in [0.1, 0.15) is 33.1 Å². The normalized spacial score (nSPS) is 12.3. The van der Waals surface area contributed by atoms with Gasteiger partial charge in [0.15, 0.2) is 0 Å². The molecule has 0 aliphatic rings. The number of carbonyl (C=O) groups excluding carboxylic acids is 1. The molecule has 1 aromatic heterocycles. The molecule has 0 aliphatic carbocycles. The highest BCUT2D eigenvalue weighted by atomic mass is 35.5. The van der Waals surface area contributed by atoms with Crippen LogP contribution in [-0.4, -0.2) is 37.9 Å². The van der Waals surface area contributed by atoms with Crippen molar-refractivity contribution < 1.29 is 17.9 Å². The van der Waals surface area contributed by atoms with E-state index >= 15 is 0 Å². The fraction of sp³-hybridized carbons (Fsp3) is 0.172. The number of nitrogens with zero attached hydrogens (tertiary/aromatic N) is 2. The maximum absolute atomic E-state index is 13.3. The van der Waals surface area contributed by atoms with Gasteiger partial charge < -0.3 is 4.74 Å². The van der Waals surface area contributed by atoms with Crippen molar-refractivity contribution in [1.82, 2.24) is 14.6 Å². The monoisotopic (exact) mass is 549 g/mol. The number of hydrogen-bond acceptors (Lipinski definition) is 6. The predicted octanol–water partition coefficient (Wildman–Crippen LogP) is 5.24. The zero-order valence-electron chi connectivity index (χ0n) is 20.8. The van der Waals surface area contributed by atoms with Crippen LogP contribution in [-0.2, 0) is 27.8 Å². The molecule has 0 spiro atoms. The van der Waals surface area contributed by atoms with E-state index in [0.717, 1.165) is 16.7 Å². The summed E-state index contributed by atoms with van der Waals surface area (Å²) in [6, 6.07) is 26.1. The van der Waals surface area contributed by atoms with Crippen LogP contribution in [0.3, 0.4) is 0 Å². The van der Waals surface area contributed by atoms with Crippen molar-refractivity contribution >= 4 is 27.6 Å². The lowest BCUT2D eigenvalue weighted by Gasteiger charge is -2.28. The molecular formula is C29H28ClN3O4S. The maximum atomic E-state index is 13.3. The van der Waals surface area contributed by atoms with Gasteiger partial charge in [-0.05, 0) is 59.2 Å². The lowest BCUT2D eigenvalue weighted by molar-refractivity contribution is 0.0600. The molecular weight excluding hydrogens is 522 g/mol. The van der Waals surface area contributed by atoms with E-state index < -0.39 is 22.0 Å². The van der Waals surface area contributed by atoms with Gasteiger partial charge in [-0.15, -0.1) is 0 Å². The first kappa shape index (κ1) is 27.5. The average Bonchev–Trinajstić information content (AvgIpc) is 2.94. The van der Waals surface area contributed by atoms with Crippen LogP contribution >= 0.6 is 11.6 Å². The van der Waals surface area contributed by atoms with Gasteiger partial charge in [0.25, 0.3) is 0 Å². The van der Waals surface area contributed by atoms with E-state index in [4.69, 9.17) is 16.3 Å². The van der Waals surface area contributed by atoms with E-state index in [1.54, 1.807) is 36.7 Å². The second-order valence-electron chi connectivity index (χ2n) is 8.76. The van der Waals surface area contributed by atoms with Gasteiger partial charge in [-0.1, -0.05) is 60.1 Å². The summed E-state index contributed by atoms with van der Waals surface area (Å²) < 4.78 is 34.3. The second-order valence-corrected chi connectivity index (χ2v) is 10.9. The summed E-state index contributed by atoms with van der Waals surface area (Å²) in [5.74, 6) is -0.399. The molecule has 0 saturated heterocycles. The molecule has 0 bridgehead atoms. The Labute approximate surface area is 228 Å². The molecule has 0 radical (unpaired) electrons. The molecule has 4 aromatic rings. The number of methoxy groups -OCH3 is 1. The Morgan fingerprint density at radius 3 is 2.24 bits per heavy atom. The van der Waals surface area contributed by atoms with Crippen molar-refractivity contribution in [3.05, 3.63) is 131 Å². The SMILES string of the molecule is COC(=O)c1ccc(CN(Cc2cccnc2)CC(NS(=O)(=O)c2ccc(Cl)cc2)c2ccccc2)cc1. The van der Waals surface area contributed by atoms with Gasteiger partial charge in [-0.3, -0.25) is 9.88 Å². The first-order valence-electron chi connectivity index (χ1n) is 12.0. The van der Waals surface area contributed by atoms with E-state index in [-0.39, 0.29) is 4.90 Å². The average molecular weight is 550 g/mol. The minimum atomic E-state index is -3.83. The van der Waals surface area contributed by atoms with Gasteiger partial charge >= 0.3 is 5.97 Å². The standard InChI is InChI=1S/C29H28ClN3O4S/c1-37-29(34)25-11-9-22(10-12-25)19-33(20-23-6-5-17-31-18-23)21-28(24-7-3-2-4-8-24)32-38(35,36)27-15-13-26(30)14-16-27/h2-18,28,32H,19-21H2,1H3. The molecule has 3 aromatic carbocycles. The number of hydrogen-bond donors (Lipinski definition) is 1. The first-order valence-corrected chi connectivity index (χ1v) is 13.8. The number of rotatable bonds is 11. The molecule has 0 saturated carbocycles. The van der Waals surface area contributed by atoms with E-state index in [2.05, 4.69) is 14.6 Å². The van der Waals surface area contributed by atoms with E-state index in [1.807, 2.05) is 54.6 Å². The molecule has 0 fully saturated rings. The summed E-state index contributed by atoms with van der Waals surface area (Å²) in [6.45, 7) is 1.44. The zero-order valence-corrected chi connectivity index (χ0v) is 22.4. The Bertz CT molecular complexity index is 1430. The van der Waals surface area contributed by atoms with Crippen LogP contribution in [0.2, 0.25) is 5.02 Å². The molecule has 0 amide bonds. The topological polar surface area (TPSA) is 88.6 Å². The molecule has 1 unspecified atom stereocenters. The highest BCUT2D eigenvalue weighted by Crippen LogP contribution is 2.22. The fourth-order valence-corrected chi connectivity index (χ4v) is 5.42. The molecule has 1 heterocycles. The minimum absolute atomic E-state index is 0.139. The predicted molar refractivity (Wildman–Crippen MR) is 147 cm³/mol. The van der Waals surface area contributed by atoms with Crippen molar-refractivity contribution in [3.63, 3.8) is 0 Å². The summed E-state index contributed by atoms with van der Waals surface area (Å²) in [6.07, 6.45) is 3.51. The molecule has 196 valence electrons. The summed E-state index contributed by atoms with van der Waals surface area (Å²) in [5.41, 5.74) is 3.26. The number of aromatic nitrogens is 1. The molecule has 38 heavy (non-hydrogen) atoms. The highest BCUT2D eigenvalue weighted by Gasteiger charge is 2.24. The summed E-state index contributed by atoms with van der Waals surface area (Å²) >= 11 is 5.97. The lowest BCUT2D eigenvalue weighted by atomic mass is 10.1. The van der Waals surface area contributed by atoms with Crippen molar-refractivity contribution in [1.29, 1.82) is 0 Å². The minimum Gasteiger partial charge on any atom is -0.465 e. The van der Waals surface area contributed by atoms with Gasteiger partial charge in [0, 0.05) is 37.1 Å². The number of carbonyl (C=O) groups is 1. The van der Waals surface area contributed by atoms with Crippen LogP contribution in [0, 0.1) is 0 Å². The third-order valence-electron chi connectivity index (χ3n) is 5.97. The Balaban J connectivity index is 1.63. The molecule has 0 aliphatic heterocycles. The molecule has 1 N–H and O–H groups in total. The maximum Gasteiger partial charge on any atom is 0.337 e. The smallest absolute Gasteiger partial charge is 0.337 e. The van der Waals surface area contributed by atoms with Gasteiger partial charge in [0.05, 0.1) is 23.6 Å². The van der Waals surface area contributed by atoms with Crippen LogP contribution in [0.15, 0.2) is 108 Å². The van der Waals surface area contributed by atoms with Gasteiger partial charge in [-0.2, -0.15) is 0 Å². The van der Waals surface area contributed by atoms with Crippen molar-refractivity contribution in [2.75, 3.05) is 13.7 Å². The Kier molecular flexibility index (Phi) is 9.25. The van der Waals surface area contributed by atoms with Gasteiger partial charge in [0.2, 0.25) is 10.0 Å². The lowest BCUT2D eigenvalue weighted by Crippen LogP contribution is -2.37. The number of ether oxygens (including phenoxy) is 1. The molecule has 4 rings (SSSR count). The highest BCUT2D eigenvalue weighted by molar-refractivity contribution is 7.89. The third kappa shape index (κ3) is 7.49. The second kappa shape index (κ2) is 12.8. The van der Waals surface area contributed by atoms with E-state index in [0.29, 0.717) is 30.2 Å². The molecule has 1 atom stereocenters. The van der Waals surface area contributed by atoms with E-state index in [9.17, 15) is 13.2 Å². The Morgan fingerprint density at radius 1 is 0.921 bits per heavy atom. The number of pyridine rings is 1. The zero-order chi connectivity index (χ0) is 27.0. The number of sulfonamides is 1. The largest absolute Gasteiger partial charge is 0.465 e. The van der Waals surface area contributed by atoms with Crippen LogP contribution < -0.4 is 4.72 Å². The number of halogens is 1. The van der Waals surface area contributed by atoms with Crippen molar-refractivity contribution in [2.24, 2.45) is 0 Å². The third-order valence-corrected chi connectivity index (χ3v) is 7.71. The van der Waals surface area contributed by atoms with E-state index in [1.165, 1.54) is 19.2 Å². The Hall–Kier alpha value is -3.56. The molecule has 9 heteroatoms. The van der Waals surface area contributed by atoms with Crippen LogP contribution in [0.25, 0.3) is 0 Å². The van der Waals surface area contributed by atoms with Crippen LogP contribution in [0.5, 0.6) is 0 Å². The van der Waals surface area contributed by atoms with Gasteiger partial charge in [-0.25, -0.2) is 17.9 Å².